The Kier molecular flexibility index (Phi) is 5.57. The van der Waals surface area contributed by atoms with E-state index >= 15 is 0 Å². The minimum absolute atomic E-state index is 0.277. The van der Waals surface area contributed by atoms with Crippen LogP contribution in [0.5, 0.6) is 5.75 Å². The van der Waals surface area contributed by atoms with E-state index in [1.165, 1.54) is 18.1 Å². The third kappa shape index (κ3) is 4.71. The van der Waals surface area contributed by atoms with Gasteiger partial charge in [0.15, 0.2) is 0 Å². The van der Waals surface area contributed by atoms with Crippen molar-refractivity contribution in [2.45, 2.75) is 31.0 Å². The monoisotopic (exact) mass is 346 g/mol. The highest BCUT2D eigenvalue weighted by Gasteiger charge is 2.14. The zero-order chi connectivity index (χ0) is 15.2. The number of benzene rings is 2. The van der Waals surface area contributed by atoms with Crippen molar-refractivity contribution in [1.29, 1.82) is 0 Å². The maximum Gasteiger partial charge on any atom is 0.308 e. The van der Waals surface area contributed by atoms with Gasteiger partial charge in [-0.05, 0) is 35.6 Å². The van der Waals surface area contributed by atoms with Gasteiger partial charge in [0.25, 0.3) is 0 Å². The molecule has 3 heteroatoms. The van der Waals surface area contributed by atoms with Crippen molar-refractivity contribution >= 4 is 21.9 Å². The number of esters is 1. The predicted molar refractivity (Wildman–Crippen MR) is 88.9 cm³/mol. The summed E-state index contributed by atoms with van der Waals surface area (Å²) in [5.74, 6) is 0.765. The maximum atomic E-state index is 10.9. The Balaban J connectivity index is 2.00. The highest BCUT2D eigenvalue weighted by Crippen LogP contribution is 2.34. The summed E-state index contributed by atoms with van der Waals surface area (Å²) >= 11 is 3.75. The lowest BCUT2D eigenvalue weighted by molar-refractivity contribution is -0.131. The SMILES string of the molecule is CC(=O)Oc1ccc(C(Br)CC(C)c2ccccc2)cc1. The second-order valence-electron chi connectivity index (χ2n) is 5.18. The number of rotatable bonds is 5. The van der Waals surface area contributed by atoms with Crippen LogP contribution in [-0.2, 0) is 4.79 Å². The van der Waals surface area contributed by atoms with E-state index in [9.17, 15) is 4.79 Å². The summed E-state index contributed by atoms with van der Waals surface area (Å²) in [6, 6.07) is 18.2. The molecule has 0 saturated heterocycles. The highest BCUT2D eigenvalue weighted by atomic mass is 79.9. The molecule has 2 nitrogen and oxygen atoms in total. The highest BCUT2D eigenvalue weighted by molar-refractivity contribution is 9.09. The predicted octanol–water partition coefficient (Wildman–Crippen LogP) is 5.24. The second kappa shape index (κ2) is 7.41. The van der Waals surface area contributed by atoms with Crippen LogP contribution >= 0.6 is 15.9 Å². The Morgan fingerprint density at radius 3 is 2.24 bits per heavy atom. The Morgan fingerprint density at radius 1 is 1.05 bits per heavy atom. The van der Waals surface area contributed by atoms with Crippen LogP contribution in [0.3, 0.4) is 0 Å². The fourth-order valence-corrected chi connectivity index (χ4v) is 3.14. The van der Waals surface area contributed by atoms with Crippen LogP contribution in [0.4, 0.5) is 0 Å². The number of carbonyl (C=O) groups is 1. The first-order chi connectivity index (χ1) is 10.1. The molecule has 0 spiro atoms. The van der Waals surface area contributed by atoms with Crippen LogP contribution in [-0.4, -0.2) is 5.97 Å². The largest absolute Gasteiger partial charge is 0.427 e. The van der Waals surface area contributed by atoms with Crippen LogP contribution in [0.1, 0.15) is 42.1 Å². The smallest absolute Gasteiger partial charge is 0.308 e. The van der Waals surface area contributed by atoms with Crippen LogP contribution in [0.15, 0.2) is 54.6 Å². The molecule has 21 heavy (non-hydrogen) atoms. The van der Waals surface area contributed by atoms with Gasteiger partial charge >= 0.3 is 5.97 Å². The van der Waals surface area contributed by atoms with Gasteiger partial charge in [0.1, 0.15) is 5.75 Å². The Morgan fingerprint density at radius 2 is 1.67 bits per heavy atom. The molecule has 0 aliphatic heterocycles. The molecule has 2 aromatic carbocycles. The molecule has 0 amide bonds. The van der Waals surface area contributed by atoms with E-state index in [4.69, 9.17) is 4.74 Å². The Bertz CT molecular complexity index is 578. The van der Waals surface area contributed by atoms with Gasteiger partial charge in [-0.15, -0.1) is 0 Å². The molecule has 2 aromatic rings. The van der Waals surface area contributed by atoms with Gasteiger partial charge in [0.2, 0.25) is 0 Å². The summed E-state index contributed by atoms with van der Waals surface area (Å²) in [5, 5.41) is 0. The van der Waals surface area contributed by atoms with Gasteiger partial charge in [-0.1, -0.05) is 65.3 Å². The number of hydrogen-bond acceptors (Lipinski definition) is 2. The van der Waals surface area contributed by atoms with E-state index in [2.05, 4.69) is 47.1 Å². The van der Waals surface area contributed by atoms with Gasteiger partial charge in [-0.25, -0.2) is 0 Å². The molecule has 0 saturated carbocycles. The van der Waals surface area contributed by atoms with Crippen LogP contribution in [0.2, 0.25) is 0 Å². The zero-order valence-corrected chi connectivity index (χ0v) is 13.8. The number of hydrogen-bond donors (Lipinski definition) is 0. The average Bonchev–Trinajstić information content (AvgIpc) is 2.48. The number of ether oxygens (including phenoxy) is 1. The van der Waals surface area contributed by atoms with Crippen molar-refractivity contribution in [3.63, 3.8) is 0 Å². The first-order valence-corrected chi connectivity index (χ1v) is 7.95. The first kappa shape index (κ1) is 15.8. The molecule has 2 unspecified atom stereocenters. The van der Waals surface area contributed by atoms with Gasteiger partial charge in [-0.2, -0.15) is 0 Å². The summed E-state index contributed by atoms with van der Waals surface area (Å²) in [4.78, 5) is 11.2. The summed E-state index contributed by atoms with van der Waals surface area (Å²) in [7, 11) is 0. The van der Waals surface area contributed by atoms with E-state index in [0.717, 1.165) is 6.42 Å². The van der Waals surface area contributed by atoms with E-state index in [0.29, 0.717) is 11.7 Å². The lowest BCUT2D eigenvalue weighted by Gasteiger charge is -2.17. The molecule has 0 aliphatic rings. The summed E-state index contributed by atoms with van der Waals surface area (Å²) < 4.78 is 5.05. The van der Waals surface area contributed by atoms with Crippen molar-refractivity contribution in [3.05, 3.63) is 65.7 Å². The molecule has 0 bridgehead atoms. The number of carbonyl (C=O) groups excluding carboxylic acids is 1. The minimum atomic E-state index is -0.296. The minimum Gasteiger partial charge on any atom is -0.427 e. The van der Waals surface area contributed by atoms with Crippen LogP contribution < -0.4 is 4.74 Å². The molecular formula is C18H19BrO2. The second-order valence-corrected chi connectivity index (χ2v) is 6.28. The molecule has 0 N–H and O–H groups in total. The van der Waals surface area contributed by atoms with E-state index in [-0.39, 0.29) is 10.8 Å². The van der Waals surface area contributed by atoms with E-state index in [1.54, 1.807) is 0 Å². The molecule has 0 fully saturated rings. The van der Waals surface area contributed by atoms with Gasteiger partial charge < -0.3 is 4.74 Å². The lowest BCUT2D eigenvalue weighted by atomic mass is 9.94. The number of halogens is 1. The van der Waals surface area contributed by atoms with Gasteiger partial charge in [-0.3, -0.25) is 4.79 Å². The molecule has 2 rings (SSSR count). The van der Waals surface area contributed by atoms with Crippen LogP contribution in [0, 0.1) is 0 Å². The van der Waals surface area contributed by atoms with Crippen molar-refractivity contribution < 1.29 is 9.53 Å². The Hall–Kier alpha value is -1.61. The molecule has 0 aromatic heterocycles. The Labute approximate surface area is 134 Å². The van der Waals surface area contributed by atoms with Gasteiger partial charge in [0, 0.05) is 11.8 Å². The lowest BCUT2D eigenvalue weighted by Crippen LogP contribution is -2.02. The van der Waals surface area contributed by atoms with E-state index in [1.807, 2.05) is 30.3 Å². The molecule has 2 atom stereocenters. The third-order valence-electron chi connectivity index (χ3n) is 3.43. The van der Waals surface area contributed by atoms with Crippen molar-refractivity contribution in [2.24, 2.45) is 0 Å². The van der Waals surface area contributed by atoms with Crippen molar-refractivity contribution in [1.82, 2.24) is 0 Å². The molecular weight excluding hydrogens is 328 g/mol. The van der Waals surface area contributed by atoms with Crippen molar-refractivity contribution in [2.75, 3.05) is 0 Å². The molecule has 0 heterocycles. The normalized spacial score (nSPS) is 13.5. The van der Waals surface area contributed by atoms with Crippen molar-refractivity contribution in [3.8, 4) is 5.75 Å². The van der Waals surface area contributed by atoms with Gasteiger partial charge in [0.05, 0.1) is 0 Å². The fourth-order valence-electron chi connectivity index (χ4n) is 2.27. The molecule has 0 aliphatic carbocycles. The summed E-state index contributed by atoms with van der Waals surface area (Å²) in [6.07, 6.45) is 1.01. The molecule has 0 radical (unpaired) electrons. The van der Waals surface area contributed by atoms with E-state index < -0.39 is 0 Å². The standard InChI is InChI=1S/C18H19BrO2/c1-13(15-6-4-3-5-7-15)12-18(19)16-8-10-17(11-9-16)21-14(2)20/h3-11,13,18H,12H2,1-2H3. The molecule has 110 valence electrons. The van der Waals surface area contributed by atoms with Crippen LogP contribution in [0.25, 0.3) is 0 Å². The third-order valence-corrected chi connectivity index (χ3v) is 4.33. The maximum absolute atomic E-state index is 10.9. The summed E-state index contributed by atoms with van der Waals surface area (Å²) in [5.41, 5.74) is 2.53. The zero-order valence-electron chi connectivity index (χ0n) is 12.3. The summed E-state index contributed by atoms with van der Waals surface area (Å²) in [6.45, 7) is 3.64. The number of alkyl halides is 1. The average molecular weight is 347 g/mol. The fraction of sp³-hybridized carbons (Fsp3) is 0.278. The first-order valence-electron chi connectivity index (χ1n) is 7.03. The quantitative estimate of drug-likeness (QED) is 0.420. The topological polar surface area (TPSA) is 26.3 Å².